The van der Waals surface area contributed by atoms with E-state index in [1.54, 1.807) is 0 Å². The Morgan fingerprint density at radius 1 is 0.292 bits per heavy atom. The van der Waals surface area contributed by atoms with E-state index in [0.717, 1.165) is 73.0 Å². The van der Waals surface area contributed by atoms with Gasteiger partial charge in [-0.15, -0.1) is 0 Å². The average molecular weight is 1240 g/mol. The van der Waals surface area contributed by atoms with E-state index in [1.807, 2.05) is 20.8 Å². The Labute approximate surface area is 567 Å². The highest BCUT2D eigenvalue weighted by Crippen LogP contribution is 2.49. The van der Waals surface area contributed by atoms with Crippen LogP contribution in [0.1, 0.15) is 81.7 Å². The summed E-state index contributed by atoms with van der Waals surface area (Å²) in [5.41, 5.74) is 27.6. The predicted octanol–water partition coefficient (Wildman–Crippen LogP) is 22.8. The van der Waals surface area contributed by atoms with E-state index in [-0.39, 0.29) is 17.5 Å². The molecule has 5 heteroatoms. The Hall–Kier alpha value is -10.9. The van der Waals surface area contributed by atoms with Crippen LogP contribution < -0.4 is 26.2 Å². The molecule has 0 fully saturated rings. The van der Waals surface area contributed by atoms with Crippen LogP contribution in [0.25, 0.3) is 99.5 Å². The third-order valence-electron chi connectivity index (χ3n) is 20.0. The maximum atomic E-state index is 10.4. The molecule has 4 nitrogen and oxygen atoms in total. The van der Waals surface area contributed by atoms with Crippen molar-refractivity contribution in [2.45, 2.75) is 79.5 Å². The molecule has 96 heavy (non-hydrogen) atoms. The summed E-state index contributed by atoms with van der Waals surface area (Å²) in [6.45, 7) is 19.5. The molecule has 0 spiro atoms. The first kappa shape index (κ1) is 56.6. The standard InChI is InChI=1S/C91H77BN4/c1-89(2,3)58-59-50-86-88-87(51-59)94(71-40-36-69(37-41-71)91(7,8)9)85-57-73(96-82-48-32-66(62-26-18-12-19-27-62)54-76(82)77-55-67(33-49-83(77)96)63-28-20-13-21-29-63)43-45-79(85)92(88)78-44-42-72(56-84(78)93(86)70-38-34-68(35-39-70)90(4,5)6)95-80-46-30-64(60-22-14-10-15-23-60)52-74(80)75-53-65(31-47-81(75)95)61-24-16-11-17-25-61/h10-57H,58H2,1-9H3/i58D2. The molecule has 17 rings (SSSR count). The Morgan fingerprint density at radius 3 is 0.885 bits per heavy atom. The van der Waals surface area contributed by atoms with E-state index in [9.17, 15) is 2.74 Å². The van der Waals surface area contributed by atoms with Gasteiger partial charge in [-0.1, -0.05) is 244 Å². The lowest BCUT2D eigenvalue weighted by Gasteiger charge is -2.45. The zero-order valence-electron chi connectivity index (χ0n) is 58.1. The highest BCUT2D eigenvalue weighted by Gasteiger charge is 2.44. The van der Waals surface area contributed by atoms with E-state index in [4.69, 9.17) is 0 Å². The van der Waals surface area contributed by atoms with E-state index in [1.165, 1.54) is 88.1 Å². The summed E-state index contributed by atoms with van der Waals surface area (Å²) >= 11 is 0. The Morgan fingerprint density at radius 2 is 0.594 bits per heavy atom. The summed E-state index contributed by atoms with van der Waals surface area (Å²) in [5, 5.41) is 4.72. The molecule has 0 aliphatic carbocycles. The molecular formula is C91H77BN4. The fourth-order valence-corrected chi connectivity index (χ4v) is 15.4. The molecule has 0 bridgehead atoms. The quantitative estimate of drug-likeness (QED) is 0.134. The molecule has 0 atom stereocenters. The lowest BCUT2D eigenvalue weighted by atomic mass is 9.33. The van der Waals surface area contributed by atoms with E-state index >= 15 is 0 Å². The van der Waals surface area contributed by atoms with E-state index in [2.05, 4.69) is 352 Å². The van der Waals surface area contributed by atoms with Gasteiger partial charge in [0.05, 0.1) is 22.1 Å². The van der Waals surface area contributed by atoms with Gasteiger partial charge in [-0.05, 0) is 209 Å². The predicted molar refractivity (Wildman–Crippen MR) is 411 cm³/mol. The van der Waals surface area contributed by atoms with Crippen molar-refractivity contribution in [2.75, 3.05) is 9.80 Å². The minimum atomic E-state index is -1.78. The second kappa shape index (κ2) is 22.4. The molecule has 0 unspecified atom stereocenters. The summed E-state index contributed by atoms with van der Waals surface area (Å²) in [4.78, 5) is 4.92. The van der Waals surface area contributed by atoms with Gasteiger partial charge in [0.1, 0.15) is 0 Å². The van der Waals surface area contributed by atoms with Crippen molar-refractivity contribution in [3.63, 3.8) is 0 Å². The van der Waals surface area contributed by atoms with Gasteiger partial charge in [0.2, 0.25) is 0 Å². The van der Waals surface area contributed by atoms with Crippen molar-refractivity contribution in [3.05, 3.63) is 308 Å². The summed E-state index contributed by atoms with van der Waals surface area (Å²) in [6, 6.07) is 108. The third kappa shape index (κ3) is 10.1. The summed E-state index contributed by atoms with van der Waals surface area (Å²) in [7, 11) is 0. The van der Waals surface area contributed by atoms with Crippen LogP contribution in [0.3, 0.4) is 0 Å². The summed E-state index contributed by atoms with van der Waals surface area (Å²) in [6.07, 6.45) is -1.78. The highest BCUT2D eigenvalue weighted by atomic mass is 15.2. The number of anilines is 6. The maximum absolute atomic E-state index is 10.4. The number of aromatic nitrogens is 2. The summed E-state index contributed by atoms with van der Waals surface area (Å²) < 4.78 is 25.7. The van der Waals surface area contributed by atoms with Gasteiger partial charge in [-0.3, -0.25) is 0 Å². The van der Waals surface area contributed by atoms with Crippen LogP contribution in [-0.2, 0) is 17.2 Å². The normalized spacial score (nSPS) is 13.5. The van der Waals surface area contributed by atoms with E-state index in [0.29, 0.717) is 5.56 Å². The van der Waals surface area contributed by atoms with Gasteiger partial charge in [0, 0.05) is 69.8 Å². The largest absolute Gasteiger partial charge is 0.311 e. The van der Waals surface area contributed by atoms with Crippen molar-refractivity contribution in [2.24, 2.45) is 5.41 Å². The molecule has 0 radical (unpaired) electrons. The lowest BCUT2D eigenvalue weighted by Crippen LogP contribution is -2.61. The molecule has 0 saturated carbocycles. The molecule has 0 saturated heterocycles. The van der Waals surface area contributed by atoms with Crippen molar-refractivity contribution >= 4 is 101 Å². The SMILES string of the molecule is [2H]C([2H])(c1cc2c3c(c1)N(c1ccc(C(C)(C)C)cc1)c1cc(-n4c5ccc(-c6ccccc6)cc5c5cc(-c6ccccc6)ccc54)ccc1B3c1ccc(-n3c4ccc(-c5ccccc5)cc4c4cc(-c5ccccc5)ccc43)cc1N2c1ccc(C(C)(C)C)cc1)C(C)(C)C. The first-order valence-electron chi connectivity index (χ1n) is 34.9. The highest BCUT2D eigenvalue weighted by molar-refractivity contribution is 7.00. The Bertz CT molecular complexity index is 5110. The Balaban J connectivity index is 0.949. The van der Waals surface area contributed by atoms with Gasteiger partial charge in [-0.2, -0.15) is 0 Å². The average Bonchev–Trinajstić information content (AvgIpc) is 0.950. The minimum absolute atomic E-state index is 0.0866. The smallest absolute Gasteiger partial charge is 0.252 e. The van der Waals surface area contributed by atoms with Crippen LogP contribution >= 0.6 is 0 Å². The minimum Gasteiger partial charge on any atom is -0.311 e. The van der Waals surface area contributed by atoms with Crippen molar-refractivity contribution < 1.29 is 2.74 Å². The van der Waals surface area contributed by atoms with E-state index < -0.39 is 11.8 Å². The number of rotatable bonds is 9. The Kier molecular flexibility index (Phi) is 13.2. The number of benzene rings is 13. The van der Waals surface area contributed by atoms with Gasteiger partial charge in [0.15, 0.2) is 0 Å². The number of hydrogen-bond donors (Lipinski definition) is 0. The molecule has 0 amide bonds. The van der Waals surface area contributed by atoms with Crippen LogP contribution in [0, 0.1) is 5.41 Å². The fraction of sp³-hybridized carbons (Fsp3) is 0.143. The van der Waals surface area contributed by atoms with Crippen LogP contribution in [0.4, 0.5) is 34.1 Å². The molecule has 464 valence electrons. The number of hydrogen-bond acceptors (Lipinski definition) is 2. The first-order valence-corrected chi connectivity index (χ1v) is 33.9. The topological polar surface area (TPSA) is 16.3 Å². The molecule has 4 heterocycles. The lowest BCUT2D eigenvalue weighted by molar-refractivity contribution is 0.411. The molecule has 13 aromatic carbocycles. The van der Waals surface area contributed by atoms with Crippen LogP contribution in [0.5, 0.6) is 0 Å². The third-order valence-corrected chi connectivity index (χ3v) is 20.0. The molecule has 2 aliphatic heterocycles. The van der Waals surface area contributed by atoms with Gasteiger partial charge < -0.3 is 18.9 Å². The van der Waals surface area contributed by atoms with Gasteiger partial charge in [-0.25, -0.2) is 0 Å². The molecule has 15 aromatic rings. The van der Waals surface area contributed by atoms with Crippen LogP contribution in [0.2, 0.25) is 0 Å². The van der Waals surface area contributed by atoms with Gasteiger partial charge >= 0.3 is 0 Å². The summed E-state index contributed by atoms with van der Waals surface area (Å²) in [5.74, 6) is 0. The van der Waals surface area contributed by atoms with Crippen molar-refractivity contribution in [1.29, 1.82) is 0 Å². The molecule has 0 N–H and O–H groups in total. The number of nitrogens with zero attached hydrogens (tertiary/aromatic N) is 4. The second-order valence-electron chi connectivity index (χ2n) is 29.5. The monoisotopic (exact) mass is 1240 g/mol. The van der Waals surface area contributed by atoms with Gasteiger partial charge in [0.25, 0.3) is 6.71 Å². The molecule has 2 aliphatic rings. The fourth-order valence-electron chi connectivity index (χ4n) is 15.4. The first-order chi connectivity index (χ1) is 47.2. The maximum Gasteiger partial charge on any atom is 0.252 e. The molecule has 2 aromatic heterocycles. The van der Waals surface area contributed by atoms with Crippen molar-refractivity contribution in [1.82, 2.24) is 9.13 Å². The second-order valence-corrected chi connectivity index (χ2v) is 29.5. The number of fused-ring (bicyclic) bond motifs is 10. The van der Waals surface area contributed by atoms with Crippen LogP contribution in [0.15, 0.2) is 291 Å². The zero-order valence-corrected chi connectivity index (χ0v) is 56.1. The zero-order chi connectivity index (χ0) is 67.1. The van der Waals surface area contributed by atoms with Crippen LogP contribution in [-0.4, -0.2) is 15.8 Å². The van der Waals surface area contributed by atoms with Crippen molar-refractivity contribution in [3.8, 4) is 55.9 Å². The molecular weight excluding hydrogens is 1160 g/mol.